The number of hydrogen-bond donors (Lipinski definition) is 1. The van der Waals surface area contributed by atoms with Crippen molar-refractivity contribution in [2.75, 3.05) is 20.1 Å². The first kappa shape index (κ1) is 14.3. The van der Waals surface area contributed by atoms with Gasteiger partial charge in [0, 0.05) is 25.0 Å². The van der Waals surface area contributed by atoms with Gasteiger partial charge in [0.25, 0.3) is 0 Å². The number of hydrogen-bond acceptors (Lipinski definition) is 2. The summed E-state index contributed by atoms with van der Waals surface area (Å²) in [4.78, 5) is 2.39. The predicted molar refractivity (Wildman–Crippen MR) is 88.6 cm³/mol. The van der Waals surface area contributed by atoms with Crippen LogP contribution in [0, 0.1) is 13.8 Å². The van der Waals surface area contributed by atoms with Crippen molar-refractivity contribution in [1.29, 1.82) is 0 Å². The molecule has 2 unspecified atom stereocenters. The van der Waals surface area contributed by atoms with Crippen LogP contribution in [0.2, 0.25) is 0 Å². The van der Waals surface area contributed by atoms with Crippen molar-refractivity contribution in [3.63, 3.8) is 0 Å². The van der Waals surface area contributed by atoms with Crippen molar-refractivity contribution in [2.45, 2.75) is 25.8 Å². The molecule has 2 N–H and O–H groups in total. The Balaban J connectivity index is 2.13. The lowest BCUT2D eigenvalue weighted by Crippen LogP contribution is -2.39. The smallest absolute Gasteiger partial charge is 0.0470 e. The quantitative estimate of drug-likeness (QED) is 0.913. The van der Waals surface area contributed by atoms with Crippen molar-refractivity contribution >= 4 is 0 Å². The van der Waals surface area contributed by atoms with Crippen LogP contribution in [0.4, 0.5) is 0 Å². The van der Waals surface area contributed by atoms with Crippen molar-refractivity contribution < 1.29 is 0 Å². The molecule has 2 aromatic rings. The fraction of sp³-hybridized carbons (Fsp3) is 0.368. The zero-order chi connectivity index (χ0) is 15.0. The molecular formula is C19H24N2. The molecule has 21 heavy (non-hydrogen) atoms. The summed E-state index contributed by atoms with van der Waals surface area (Å²) in [5.74, 6) is 0.438. The Kier molecular flexibility index (Phi) is 3.83. The molecule has 110 valence electrons. The summed E-state index contributed by atoms with van der Waals surface area (Å²) in [6, 6.07) is 16.0. The first-order chi connectivity index (χ1) is 10.1. The van der Waals surface area contributed by atoms with E-state index in [4.69, 9.17) is 5.73 Å². The second-order valence-corrected chi connectivity index (χ2v) is 6.29. The van der Waals surface area contributed by atoms with E-state index in [9.17, 15) is 0 Å². The van der Waals surface area contributed by atoms with Crippen LogP contribution in [-0.4, -0.2) is 25.0 Å². The molecule has 2 heteroatoms. The molecule has 0 radical (unpaired) electrons. The van der Waals surface area contributed by atoms with Gasteiger partial charge < -0.3 is 5.73 Å². The Morgan fingerprint density at radius 3 is 2.52 bits per heavy atom. The van der Waals surface area contributed by atoms with Gasteiger partial charge >= 0.3 is 0 Å². The van der Waals surface area contributed by atoms with E-state index in [0.717, 1.165) is 6.54 Å². The van der Waals surface area contributed by atoms with Crippen LogP contribution >= 0.6 is 0 Å². The normalized spacial score (nSPS) is 22.1. The third-order valence-electron chi connectivity index (χ3n) is 4.65. The number of rotatable bonds is 2. The fourth-order valence-electron chi connectivity index (χ4n) is 3.53. The van der Waals surface area contributed by atoms with Crippen LogP contribution in [0.1, 0.15) is 39.8 Å². The molecule has 2 atom stereocenters. The molecule has 0 aromatic heterocycles. The second kappa shape index (κ2) is 5.63. The molecule has 0 saturated carbocycles. The minimum atomic E-state index is 0.335. The highest BCUT2D eigenvalue weighted by molar-refractivity contribution is 5.45. The van der Waals surface area contributed by atoms with Crippen LogP contribution in [-0.2, 0) is 0 Å². The Hall–Kier alpha value is -1.64. The number of nitrogens with two attached hydrogens (primary N) is 1. The molecule has 0 bridgehead atoms. The molecule has 2 nitrogen and oxygen atoms in total. The van der Waals surface area contributed by atoms with Crippen molar-refractivity contribution in [1.82, 2.24) is 4.90 Å². The third-order valence-corrected chi connectivity index (χ3v) is 4.65. The molecule has 1 heterocycles. The highest BCUT2D eigenvalue weighted by atomic mass is 15.1. The van der Waals surface area contributed by atoms with Crippen LogP contribution in [0.25, 0.3) is 0 Å². The number of nitrogens with zero attached hydrogens (tertiary/aromatic N) is 1. The lowest BCUT2D eigenvalue weighted by atomic mass is 9.80. The molecule has 3 rings (SSSR count). The van der Waals surface area contributed by atoms with E-state index in [1.54, 1.807) is 0 Å². The maximum atomic E-state index is 6.01. The summed E-state index contributed by atoms with van der Waals surface area (Å²) in [7, 11) is 2.18. The zero-order valence-corrected chi connectivity index (χ0v) is 13.1. The number of fused-ring (bicyclic) bond motifs is 1. The van der Waals surface area contributed by atoms with E-state index in [1.165, 1.54) is 27.8 Å². The molecule has 1 aliphatic rings. The third kappa shape index (κ3) is 2.61. The number of benzene rings is 2. The summed E-state index contributed by atoms with van der Waals surface area (Å²) >= 11 is 0. The molecule has 0 aliphatic carbocycles. The summed E-state index contributed by atoms with van der Waals surface area (Å²) in [6.45, 7) is 6.04. The highest BCUT2D eigenvalue weighted by Crippen LogP contribution is 2.38. The Morgan fingerprint density at radius 1 is 1.05 bits per heavy atom. The Bertz CT molecular complexity index is 648. The van der Waals surface area contributed by atoms with Crippen molar-refractivity contribution in [3.05, 3.63) is 70.3 Å². The van der Waals surface area contributed by atoms with Gasteiger partial charge in [-0.3, -0.25) is 4.90 Å². The lowest BCUT2D eigenvalue weighted by Gasteiger charge is -2.39. The summed E-state index contributed by atoms with van der Waals surface area (Å²) in [6.07, 6.45) is 0. The highest BCUT2D eigenvalue weighted by Gasteiger charge is 2.31. The van der Waals surface area contributed by atoms with E-state index in [1.807, 2.05) is 0 Å². The van der Waals surface area contributed by atoms with Crippen LogP contribution in [0.5, 0.6) is 0 Å². The Labute approximate surface area is 127 Å². The molecule has 1 aliphatic heterocycles. The van der Waals surface area contributed by atoms with Crippen molar-refractivity contribution in [3.8, 4) is 0 Å². The van der Waals surface area contributed by atoms with Gasteiger partial charge in [0.1, 0.15) is 0 Å². The number of likely N-dealkylation sites (N-methyl/N-ethyl adjacent to an activating group) is 1. The minimum Gasteiger partial charge on any atom is -0.329 e. The zero-order valence-electron chi connectivity index (χ0n) is 13.1. The van der Waals surface area contributed by atoms with Gasteiger partial charge in [-0.15, -0.1) is 0 Å². The second-order valence-electron chi connectivity index (χ2n) is 6.29. The van der Waals surface area contributed by atoms with Crippen LogP contribution in [0.15, 0.2) is 42.5 Å². The van der Waals surface area contributed by atoms with Crippen LogP contribution < -0.4 is 5.73 Å². The SMILES string of the molecule is Cc1cccc(C2CN(C)C(CN)c3ccc(C)cc32)c1. The average Bonchev–Trinajstić information content (AvgIpc) is 2.47. The largest absolute Gasteiger partial charge is 0.329 e. The van der Waals surface area contributed by atoms with Gasteiger partial charge in [0.15, 0.2) is 0 Å². The topological polar surface area (TPSA) is 29.3 Å². The molecule has 0 amide bonds. The fourth-order valence-corrected chi connectivity index (χ4v) is 3.53. The molecule has 2 aromatic carbocycles. The standard InChI is InChI=1S/C19H24N2/c1-13-5-4-6-15(9-13)18-12-21(3)19(11-20)16-8-7-14(2)10-17(16)18/h4-10,18-19H,11-12,20H2,1-3H3. The minimum absolute atomic E-state index is 0.335. The predicted octanol–water partition coefficient (Wildman–Crippen LogP) is 3.38. The first-order valence-corrected chi connectivity index (χ1v) is 7.67. The van der Waals surface area contributed by atoms with E-state index in [0.29, 0.717) is 18.5 Å². The first-order valence-electron chi connectivity index (χ1n) is 7.67. The summed E-state index contributed by atoms with van der Waals surface area (Å²) in [5, 5.41) is 0. The Morgan fingerprint density at radius 2 is 1.81 bits per heavy atom. The van der Waals surface area contributed by atoms with Gasteiger partial charge in [-0.1, -0.05) is 53.6 Å². The summed E-state index contributed by atoms with van der Waals surface area (Å²) < 4.78 is 0. The molecule has 0 spiro atoms. The molecule has 0 saturated heterocycles. The van der Waals surface area contributed by atoms with Crippen molar-refractivity contribution in [2.24, 2.45) is 5.73 Å². The molecule has 0 fully saturated rings. The van der Waals surface area contributed by atoms with E-state index in [-0.39, 0.29) is 0 Å². The van der Waals surface area contributed by atoms with Gasteiger partial charge in [-0.05, 0) is 37.6 Å². The van der Waals surface area contributed by atoms with Crippen LogP contribution in [0.3, 0.4) is 0 Å². The van der Waals surface area contributed by atoms with Gasteiger partial charge in [0.05, 0.1) is 0 Å². The average molecular weight is 280 g/mol. The monoisotopic (exact) mass is 280 g/mol. The maximum absolute atomic E-state index is 6.01. The number of aryl methyl sites for hydroxylation is 2. The van der Waals surface area contributed by atoms with Gasteiger partial charge in [0.2, 0.25) is 0 Å². The van der Waals surface area contributed by atoms with E-state index < -0.39 is 0 Å². The van der Waals surface area contributed by atoms with Gasteiger partial charge in [-0.2, -0.15) is 0 Å². The summed E-state index contributed by atoms with van der Waals surface area (Å²) in [5.41, 5.74) is 12.9. The molecular weight excluding hydrogens is 256 g/mol. The van der Waals surface area contributed by atoms with E-state index >= 15 is 0 Å². The van der Waals surface area contributed by atoms with E-state index in [2.05, 4.69) is 68.3 Å². The lowest BCUT2D eigenvalue weighted by molar-refractivity contribution is 0.223. The maximum Gasteiger partial charge on any atom is 0.0470 e. The van der Waals surface area contributed by atoms with Gasteiger partial charge in [-0.25, -0.2) is 0 Å².